The Labute approximate surface area is 102 Å². The summed E-state index contributed by atoms with van der Waals surface area (Å²) in [6.07, 6.45) is 0. The first-order valence-electron chi connectivity index (χ1n) is 5.56. The van der Waals surface area contributed by atoms with Crippen molar-refractivity contribution in [1.29, 1.82) is 0 Å². The van der Waals surface area contributed by atoms with Crippen molar-refractivity contribution in [3.63, 3.8) is 0 Å². The van der Waals surface area contributed by atoms with Gasteiger partial charge in [0, 0.05) is 13.6 Å². The molecule has 0 radical (unpaired) electrons. The van der Waals surface area contributed by atoms with Gasteiger partial charge < -0.3 is 14.4 Å². The zero-order chi connectivity index (χ0) is 13.6. The molecule has 0 aliphatic carbocycles. The Morgan fingerprint density at radius 2 is 1.82 bits per heavy atom. The van der Waals surface area contributed by atoms with Crippen LogP contribution >= 0.6 is 0 Å². The van der Waals surface area contributed by atoms with E-state index in [-0.39, 0.29) is 18.3 Å². The van der Waals surface area contributed by atoms with Gasteiger partial charge in [0.15, 0.2) is 11.4 Å². The van der Waals surface area contributed by atoms with Gasteiger partial charge in [0.05, 0.1) is 6.61 Å². The van der Waals surface area contributed by atoms with E-state index in [1.165, 1.54) is 18.7 Å². The maximum atomic E-state index is 11.7. The summed E-state index contributed by atoms with van der Waals surface area (Å²) in [5.74, 6) is -0.926. The number of carbonyl (C=O) groups is 2. The molecule has 0 aromatic heterocycles. The second-order valence-electron chi connectivity index (χ2n) is 4.08. The molecule has 0 rings (SSSR count). The molecule has 5 heteroatoms. The van der Waals surface area contributed by atoms with E-state index in [0.717, 1.165) is 0 Å². The van der Waals surface area contributed by atoms with Gasteiger partial charge in [0.1, 0.15) is 0 Å². The molecule has 0 unspecified atom stereocenters. The van der Waals surface area contributed by atoms with Crippen LogP contribution < -0.4 is 0 Å². The molecule has 0 saturated heterocycles. The van der Waals surface area contributed by atoms with E-state index in [2.05, 4.69) is 6.58 Å². The molecule has 0 saturated carbocycles. The highest BCUT2D eigenvalue weighted by molar-refractivity contribution is 5.91. The van der Waals surface area contributed by atoms with Crippen molar-refractivity contribution >= 4 is 11.9 Å². The van der Waals surface area contributed by atoms with Gasteiger partial charge in [0.25, 0.3) is 5.91 Å². The van der Waals surface area contributed by atoms with Crippen LogP contribution in [0, 0.1) is 0 Å². The van der Waals surface area contributed by atoms with Gasteiger partial charge in [0.2, 0.25) is 0 Å². The lowest BCUT2D eigenvalue weighted by molar-refractivity contribution is -0.164. The zero-order valence-corrected chi connectivity index (χ0v) is 11.2. The van der Waals surface area contributed by atoms with Crippen LogP contribution in [0.4, 0.5) is 0 Å². The minimum atomic E-state index is -1.21. The summed E-state index contributed by atoms with van der Waals surface area (Å²) in [5, 5.41) is 0. The van der Waals surface area contributed by atoms with E-state index in [1.807, 2.05) is 6.92 Å². The second kappa shape index (κ2) is 6.27. The van der Waals surface area contributed by atoms with Gasteiger partial charge in [-0.15, -0.1) is 0 Å². The van der Waals surface area contributed by atoms with Gasteiger partial charge in [-0.05, 0) is 27.7 Å². The molecule has 0 aliphatic heterocycles. The first-order chi connectivity index (χ1) is 7.76. The first-order valence-corrected chi connectivity index (χ1v) is 5.56. The van der Waals surface area contributed by atoms with Gasteiger partial charge in [-0.2, -0.15) is 0 Å². The number of hydrogen-bond donors (Lipinski definition) is 0. The van der Waals surface area contributed by atoms with Crippen LogP contribution in [0.15, 0.2) is 12.3 Å². The molecule has 1 amide bonds. The lowest BCUT2D eigenvalue weighted by atomic mass is 10.1. The average molecular weight is 243 g/mol. The van der Waals surface area contributed by atoms with Gasteiger partial charge in [-0.25, -0.2) is 4.79 Å². The fourth-order valence-corrected chi connectivity index (χ4v) is 1.05. The van der Waals surface area contributed by atoms with Crippen LogP contribution in [0.5, 0.6) is 0 Å². The van der Waals surface area contributed by atoms with Crippen LogP contribution in [0.3, 0.4) is 0 Å². The second-order valence-corrected chi connectivity index (χ2v) is 4.08. The molecule has 0 N–H and O–H groups in total. The Morgan fingerprint density at radius 1 is 1.29 bits per heavy atom. The number of nitrogens with zero attached hydrogens (tertiary/aromatic N) is 1. The number of hydrogen-bond acceptors (Lipinski definition) is 4. The lowest BCUT2D eigenvalue weighted by Gasteiger charge is -2.26. The standard InChI is InChI=1S/C12H21NO4/c1-7-13(6)10(14)9(3)17-12(4,5)11(15)16-8-2/h3,7-8H2,1-2,4-6H3. The molecular weight excluding hydrogens is 222 g/mol. The van der Waals surface area contributed by atoms with Crippen LogP contribution in [0.2, 0.25) is 0 Å². The minimum absolute atomic E-state index is 0.0626. The molecule has 0 atom stereocenters. The molecule has 98 valence electrons. The molecule has 0 fully saturated rings. The van der Waals surface area contributed by atoms with Gasteiger partial charge >= 0.3 is 5.97 Å². The van der Waals surface area contributed by atoms with Crippen molar-refractivity contribution in [2.75, 3.05) is 20.2 Å². The monoisotopic (exact) mass is 243 g/mol. The first kappa shape index (κ1) is 15.5. The molecule has 5 nitrogen and oxygen atoms in total. The van der Waals surface area contributed by atoms with E-state index >= 15 is 0 Å². The number of likely N-dealkylation sites (N-methyl/N-ethyl adjacent to an activating group) is 1. The maximum absolute atomic E-state index is 11.7. The fourth-order valence-electron chi connectivity index (χ4n) is 1.05. The number of rotatable bonds is 6. The Hall–Kier alpha value is -1.52. The van der Waals surface area contributed by atoms with Crippen LogP contribution in [-0.4, -0.2) is 42.6 Å². The zero-order valence-electron chi connectivity index (χ0n) is 11.2. The minimum Gasteiger partial charge on any atom is -0.471 e. The Balaban J connectivity index is 4.56. The van der Waals surface area contributed by atoms with E-state index < -0.39 is 11.6 Å². The largest absolute Gasteiger partial charge is 0.471 e. The molecule has 0 aromatic rings. The van der Waals surface area contributed by atoms with Crippen molar-refractivity contribution in [1.82, 2.24) is 4.90 Å². The van der Waals surface area contributed by atoms with Gasteiger partial charge in [-0.1, -0.05) is 6.58 Å². The Kier molecular flexibility index (Phi) is 5.71. The van der Waals surface area contributed by atoms with Crippen molar-refractivity contribution in [2.45, 2.75) is 33.3 Å². The maximum Gasteiger partial charge on any atom is 0.349 e. The topological polar surface area (TPSA) is 55.8 Å². The number of esters is 1. The molecule has 0 aromatic carbocycles. The van der Waals surface area contributed by atoms with Crippen LogP contribution in [-0.2, 0) is 19.1 Å². The highest BCUT2D eigenvalue weighted by atomic mass is 16.6. The van der Waals surface area contributed by atoms with Crippen molar-refractivity contribution < 1.29 is 19.1 Å². The van der Waals surface area contributed by atoms with E-state index in [4.69, 9.17) is 9.47 Å². The smallest absolute Gasteiger partial charge is 0.349 e. The molecule has 0 heterocycles. The van der Waals surface area contributed by atoms with Gasteiger partial charge in [-0.3, -0.25) is 4.79 Å². The lowest BCUT2D eigenvalue weighted by Crippen LogP contribution is -2.39. The SMILES string of the molecule is C=C(OC(C)(C)C(=O)OCC)C(=O)N(C)CC. The van der Waals surface area contributed by atoms with Crippen molar-refractivity contribution in [3.8, 4) is 0 Å². The van der Waals surface area contributed by atoms with Crippen LogP contribution in [0.25, 0.3) is 0 Å². The van der Waals surface area contributed by atoms with Crippen molar-refractivity contribution in [3.05, 3.63) is 12.3 Å². The summed E-state index contributed by atoms with van der Waals surface area (Å²) in [6.45, 7) is 11.0. The highest BCUT2D eigenvalue weighted by Gasteiger charge is 2.33. The summed E-state index contributed by atoms with van der Waals surface area (Å²) in [4.78, 5) is 24.7. The molecule has 17 heavy (non-hydrogen) atoms. The summed E-state index contributed by atoms with van der Waals surface area (Å²) >= 11 is 0. The third kappa shape index (κ3) is 4.46. The summed E-state index contributed by atoms with van der Waals surface area (Å²) < 4.78 is 10.1. The third-order valence-corrected chi connectivity index (χ3v) is 2.20. The fraction of sp³-hybridized carbons (Fsp3) is 0.667. The molecule has 0 bridgehead atoms. The van der Waals surface area contributed by atoms with Crippen molar-refractivity contribution in [2.24, 2.45) is 0 Å². The highest BCUT2D eigenvalue weighted by Crippen LogP contribution is 2.17. The van der Waals surface area contributed by atoms with E-state index in [9.17, 15) is 9.59 Å². The summed E-state index contributed by atoms with van der Waals surface area (Å²) in [5.41, 5.74) is -1.21. The third-order valence-electron chi connectivity index (χ3n) is 2.20. The quantitative estimate of drug-likeness (QED) is 0.401. The van der Waals surface area contributed by atoms with E-state index in [1.54, 1.807) is 14.0 Å². The normalized spacial score (nSPS) is 10.6. The summed E-state index contributed by atoms with van der Waals surface area (Å²) in [7, 11) is 1.63. The molecule has 0 aliphatic rings. The van der Waals surface area contributed by atoms with Crippen LogP contribution in [0.1, 0.15) is 27.7 Å². The molecular formula is C12H21NO4. The van der Waals surface area contributed by atoms with E-state index in [0.29, 0.717) is 6.54 Å². The average Bonchev–Trinajstić information content (AvgIpc) is 2.26. The molecule has 0 spiro atoms. The number of ether oxygens (including phenoxy) is 2. The predicted octanol–water partition coefficient (Wildman–Crippen LogP) is 1.34. The number of carbonyl (C=O) groups excluding carboxylic acids is 2. The predicted molar refractivity (Wildman–Crippen MR) is 64.2 cm³/mol. The Morgan fingerprint density at radius 3 is 2.24 bits per heavy atom. The number of amides is 1. The summed E-state index contributed by atoms with van der Waals surface area (Å²) in [6, 6.07) is 0. The Bertz CT molecular complexity index is 310.